The van der Waals surface area contributed by atoms with Crippen molar-refractivity contribution >= 4 is 37.2 Å². The quantitative estimate of drug-likeness (QED) is 0.395. The second-order valence-electron chi connectivity index (χ2n) is 8.72. The minimum Gasteiger partial charge on any atom is -0.479 e. The summed E-state index contributed by atoms with van der Waals surface area (Å²) < 4.78 is 18.7. The molecule has 0 amide bonds. The van der Waals surface area contributed by atoms with Gasteiger partial charge in [0.1, 0.15) is 17.2 Å². The number of aliphatic carboxylic acids is 1. The molecule has 0 saturated heterocycles. The van der Waals surface area contributed by atoms with Crippen molar-refractivity contribution in [1.82, 2.24) is 14.9 Å². The molecule has 11 heteroatoms. The van der Waals surface area contributed by atoms with Crippen molar-refractivity contribution in [2.45, 2.75) is 45.6 Å². The van der Waals surface area contributed by atoms with Crippen LogP contribution in [0, 0.1) is 6.92 Å². The minimum atomic E-state index is -1.38. The highest BCUT2D eigenvalue weighted by atomic mass is 35.5. The third-order valence-corrected chi connectivity index (χ3v) is 6.53. The Morgan fingerprint density at radius 1 is 1.22 bits per heavy atom. The minimum absolute atomic E-state index is 0.139. The molecular formula is C21H25Cl2N3O5Si. The van der Waals surface area contributed by atoms with Crippen molar-refractivity contribution in [3.05, 3.63) is 39.7 Å². The summed E-state index contributed by atoms with van der Waals surface area (Å²) in [4.78, 5) is 11.1. The van der Waals surface area contributed by atoms with Crippen molar-refractivity contribution < 1.29 is 23.9 Å². The average Bonchev–Trinajstić information content (AvgIpc) is 3.20. The fourth-order valence-electron chi connectivity index (χ4n) is 3.11. The molecule has 32 heavy (non-hydrogen) atoms. The molecular weight excluding hydrogens is 473 g/mol. The normalized spacial score (nSPS) is 12.6. The van der Waals surface area contributed by atoms with Crippen LogP contribution >= 0.6 is 23.2 Å². The lowest BCUT2D eigenvalue weighted by Gasteiger charge is -2.15. The van der Waals surface area contributed by atoms with Gasteiger partial charge in [0, 0.05) is 25.2 Å². The highest BCUT2D eigenvalue weighted by Gasteiger charge is 2.24. The fourth-order valence-corrected chi connectivity index (χ4v) is 4.79. The topological polar surface area (TPSA) is 99.6 Å². The molecule has 0 fully saturated rings. The zero-order valence-electron chi connectivity index (χ0n) is 18.7. The number of benzene rings is 1. The van der Waals surface area contributed by atoms with Gasteiger partial charge in [0.25, 0.3) is 0 Å². The first-order valence-electron chi connectivity index (χ1n) is 9.91. The van der Waals surface area contributed by atoms with Crippen LogP contribution < -0.4 is 9.47 Å². The lowest BCUT2D eigenvalue weighted by molar-refractivity contribution is -0.144. The zero-order chi connectivity index (χ0) is 23.8. The van der Waals surface area contributed by atoms with E-state index in [4.69, 9.17) is 42.3 Å². The van der Waals surface area contributed by atoms with Gasteiger partial charge >= 0.3 is 5.97 Å². The summed E-state index contributed by atoms with van der Waals surface area (Å²) in [5.41, 5.74) is 1.99. The summed E-state index contributed by atoms with van der Waals surface area (Å²) in [6.45, 7) is 10.0. The lowest BCUT2D eigenvalue weighted by atomic mass is 10.2. The predicted octanol–water partition coefficient (Wildman–Crippen LogP) is 5.75. The molecule has 0 aliphatic carbocycles. The Bertz CT molecular complexity index is 1150. The van der Waals surface area contributed by atoms with E-state index in [1.807, 2.05) is 13.0 Å². The van der Waals surface area contributed by atoms with E-state index in [2.05, 4.69) is 29.9 Å². The first-order valence-corrected chi connectivity index (χ1v) is 14.4. The van der Waals surface area contributed by atoms with Crippen LogP contribution in [-0.2, 0) is 17.9 Å². The van der Waals surface area contributed by atoms with Crippen LogP contribution in [0.15, 0.2) is 22.7 Å². The molecule has 1 atom stereocenters. The number of hydrogen-bond donors (Lipinski definition) is 1. The lowest BCUT2D eigenvalue weighted by Crippen LogP contribution is -2.23. The standard InChI is InChI=1S/C21H25Cl2N3O5Si/c1-11-19(16-7-13(31-25-16)10-32(4,5)6)20(26(3)24-11)30-18-9-17(14(22)8-15(18)23)29-12(2)21(27)28/h7-9,12H,10H2,1-6H3,(H,27,28)/t12-/m0/s1. The number of ether oxygens (including phenoxy) is 2. The highest BCUT2D eigenvalue weighted by molar-refractivity contribution is 6.75. The smallest absolute Gasteiger partial charge is 0.344 e. The maximum atomic E-state index is 11.1. The number of nitrogens with zero attached hydrogens (tertiary/aromatic N) is 3. The maximum Gasteiger partial charge on any atom is 0.344 e. The second kappa shape index (κ2) is 9.17. The molecule has 0 aliphatic heterocycles. The van der Waals surface area contributed by atoms with Crippen molar-refractivity contribution in [1.29, 1.82) is 0 Å². The van der Waals surface area contributed by atoms with E-state index < -0.39 is 20.1 Å². The van der Waals surface area contributed by atoms with Crippen molar-refractivity contribution in [2.24, 2.45) is 7.05 Å². The molecule has 2 heterocycles. The van der Waals surface area contributed by atoms with Gasteiger partial charge in [0.2, 0.25) is 5.88 Å². The monoisotopic (exact) mass is 497 g/mol. The van der Waals surface area contributed by atoms with Crippen molar-refractivity contribution in [3.8, 4) is 28.6 Å². The molecule has 0 bridgehead atoms. The Kier molecular flexibility index (Phi) is 6.92. The number of aromatic nitrogens is 3. The van der Waals surface area contributed by atoms with Crippen LogP contribution in [0.4, 0.5) is 0 Å². The molecule has 0 unspecified atom stereocenters. The number of carboxylic acids is 1. The van der Waals surface area contributed by atoms with Gasteiger partial charge < -0.3 is 19.1 Å². The van der Waals surface area contributed by atoms with Gasteiger partial charge in [0.05, 0.1) is 29.4 Å². The first-order chi connectivity index (χ1) is 14.9. The van der Waals surface area contributed by atoms with E-state index in [0.29, 0.717) is 22.8 Å². The Hall–Kier alpha value is -2.49. The molecule has 3 rings (SSSR count). The SMILES string of the molecule is Cc1nn(C)c(Oc2cc(O[C@@H](C)C(=O)O)c(Cl)cc2Cl)c1-c1cc(C[Si](C)(C)C)on1. The van der Waals surface area contributed by atoms with E-state index >= 15 is 0 Å². The first kappa shape index (κ1) is 24.2. The van der Waals surface area contributed by atoms with E-state index in [9.17, 15) is 4.79 Å². The predicted molar refractivity (Wildman–Crippen MR) is 125 cm³/mol. The summed E-state index contributed by atoms with van der Waals surface area (Å²) in [6, 6.07) is 5.66. The molecule has 0 aliphatic rings. The number of carboxylic acid groups (broad SMARTS) is 1. The number of hydrogen-bond acceptors (Lipinski definition) is 6. The van der Waals surface area contributed by atoms with Gasteiger partial charge in [-0.1, -0.05) is 48.0 Å². The summed E-state index contributed by atoms with van der Waals surface area (Å²) >= 11 is 12.5. The van der Waals surface area contributed by atoms with Crippen LogP contribution in [0.25, 0.3) is 11.3 Å². The van der Waals surface area contributed by atoms with Crippen molar-refractivity contribution in [2.75, 3.05) is 0 Å². The molecule has 0 radical (unpaired) electrons. The number of rotatable bonds is 8. The maximum absolute atomic E-state index is 11.1. The zero-order valence-corrected chi connectivity index (χ0v) is 21.2. The largest absolute Gasteiger partial charge is 0.479 e. The molecule has 3 aromatic rings. The van der Waals surface area contributed by atoms with E-state index in [1.165, 1.54) is 19.1 Å². The Balaban J connectivity index is 1.98. The Morgan fingerprint density at radius 2 is 1.88 bits per heavy atom. The summed E-state index contributed by atoms with van der Waals surface area (Å²) in [7, 11) is 0.358. The van der Waals surface area contributed by atoms with E-state index in [0.717, 1.165) is 11.8 Å². The van der Waals surface area contributed by atoms with Gasteiger partial charge in [0.15, 0.2) is 11.9 Å². The molecule has 1 aromatic carbocycles. The molecule has 1 N–H and O–H groups in total. The van der Waals surface area contributed by atoms with Crippen LogP contribution in [0.3, 0.4) is 0 Å². The van der Waals surface area contributed by atoms with Crippen LogP contribution in [0.2, 0.25) is 29.7 Å². The second-order valence-corrected chi connectivity index (χ2v) is 15.0. The fraction of sp³-hybridized carbons (Fsp3) is 0.381. The van der Waals surface area contributed by atoms with Crippen LogP contribution in [0.5, 0.6) is 17.4 Å². The van der Waals surface area contributed by atoms with Crippen molar-refractivity contribution in [3.63, 3.8) is 0 Å². The molecule has 0 saturated carbocycles. The third kappa shape index (κ3) is 5.46. The number of halogens is 2. The van der Waals surface area contributed by atoms with Gasteiger partial charge in [-0.05, 0) is 19.9 Å². The molecule has 8 nitrogen and oxygen atoms in total. The average molecular weight is 498 g/mol. The number of aryl methyl sites for hydroxylation is 2. The van der Waals surface area contributed by atoms with Crippen LogP contribution in [-0.4, -0.2) is 40.2 Å². The van der Waals surface area contributed by atoms with E-state index in [1.54, 1.807) is 11.7 Å². The molecule has 0 spiro atoms. The number of carbonyl (C=O) groups is 1. The van der Waals surface area contributed by atoms with E-state index in [-0.39, 0.29) is 21.5 Å². The van der Waals surface area contributed by atoms with Gasteiger partial charge in [-0.15, -0.1) is 0 Å². The summed E-state index contributed by atoms with van der Waals surface area (Å²) in [6.07, 6.45) is -1.10. The highest BCUT2D eigenvalue weighted by Crippen LogP contribution is 2.41. The molecule has 2 aromatic heterocycles. The van der Waals surface area contributed by atoms with Crippen LogP contribution in [0.1, 0.15) is 18.4 Å². The van der Waals surface area contributed by atoms with Gasteiger partial charge in [-0.3, -0.25) is 0 Å². The van der Waals surface area contributed by atoms with Gasteiger partial charge in [-0.25, -0.2) is 9.48 Å². The molecule has 172 valence electrons. The summed E-state index contributed by atoms with van der Waals surface area (Å²) in [5, 5.41) is 18.2. The van der Waals surface area contributed by atoms with Gasteiger partial charge in [-0.2, -0.15) is 5.10 Å². The Labute approximate surface area is 197 Å². The third-order valence-electron chi connectivity index (χ3n) is 4.53. The Morgan fingerprint density at radius 3 is 2.50 bits per heavy atom. The summed E-state index contributed by atoms with van der Waals surface area (Å²) in [5.74, 6) is 0.468.